The third kappa shape index (κ3) is 5.95. The summed E-state index contributed by atoms with van der Waals surface area (Å²) in [4.78, 5) is 27.4. The maximum absolute atomic E-state index is 12.9. The highest BCUT2D eigenvalue weighted by molar-refractivity contribution is 6.31. The van der Waals surface area contributed by atoms with Crippen molar-refractivity contribution in [2.45, 2.75) is 5.92 Å². The van der Waals surface area contributed by atoms with E-state index < -0.39 is 4.92 Å². The number of halogens is 1. The normalized spacial score (nSPS) is 10.8. The molecule has 0 fully saturated rings. The zero-order valence-electron chi connectivity index (χ0n) is 21.7. The van der Waals surface area contributed by atoms with E-state index in [9.17, 15) is 14.9 Å². The molecule has 1 amide bonds. The lowest BCUT2D eigenvalue weighted by Gasteiger charge is -2.23. The molecule has 1 N–H and O–H groups in total. The number of hydrogen-bond acceptors (Lipinski definition) is 5. The van der Waals surface area contributed by atoms with Crippen molar-refractivity contribution in [2.75, 3.05) is 43.3 Å². The Morgan fingerprint density at radius 1 is 0.789 bits per heavy atom. The number of carbonyl (C=O) groups excluding carboxylic acids is 1. The second kappa shape index (κ2) is 11.4. The van der Waals surface area contributed by atoms with Crippen LogP contribution in [0.5, 0.6) is 0 Å². The van der Waals surface area contributed by atoms with Crippen LogP contribution >= 0.6 is 11.6 Å². The standard InChI is InChI=1S/C30H29ClN4O3/c1-33(2)24-12-5-20(6-13-24)29(21-7-14-25(15-8-21)34(3)4)27-19-23(11-18-28(27)31)32-30(36)22-9-16-26(17-10-22)35(37)38/h5-19,29H,1-4H3,(H,32,36). The molecule has 0 aliphatic heterocycles. The molecule has 0 atom stereocenters. The smallest absolute Gasteiger partial charge is 0.269 e. The van der Waals surface area contributed by atoms with Crippen LogP contribution in [0.1, 0.15) is 33.0 Å². The fraction of sp³-hybridized carbons (Fsp3) is 0.167. The van der Waals surface area contributed by atoms with E-state index >= 15 is 0 Å². The van der Waals surface area contributed by atoms with Crippen LogP contribution in [0, 0.1) is 10.1 Å². The van der Waals surface area contributed by atoms with Crippen LogP contribution in [-0.4, -0.2) is 39.0 Å². The van der Waals surface area contributed by atoms with E-state index in [4.69, 9.17) is 11.6 Å². The number of carbonyl (C=O) groups is 1. The van der Waals surface area contributed by atoms with Crippen molar-refractivity contribution < 1.29 is 9.72 Å². The number of rotatable bonds is 8. The number of anilines is 3. The van der Waals surface area contributed by atoms with E-state index in [-0.39, 0.29) is 17.5 Å². The first-order valence-corrected chi connectivity index (χ1v) is 12.4. The Morgan fingerprint density at radius 3 is 1.74 bits per heavy atom. The van der Waals surface area contributed by atoms with Gasteiger partial charge in [-0.05, 0) is 71.3 Å². The number of non-ortho nitro benzene ring substituents is 1. The van der Waals surface area contributed by atoms with Crippen LogP contribution in [0.25, 0.3) is 0 Å². The van der Waals surface area contributed by atoms with Crippen LogP contribution in [-0.2, 0) is 0 Å². The number of amides is 1. The molecule has 7 nitrogen and oxygen atoms in total. The Morgan fingerprint density at radius 2 is 1.29 bits per heavy atom. The van der Waals surface area contributed by atoms with Gasteiger partial charge in [-0.15, -0.1) is 0 Å². The fourth-order valence-electron chi connectivity index (χ4n) is 4.26. The SMILES string of the molecule is CN(C)c1ccc(C(c2ccc(N(C)C)cc2)c2cc(NC(=O)c3ccc([N+](=O)[O-])cc3)ccc2Cl)cc1. The van der Waals surface area contributed by atoms with E-state index in [1.807, 2.05) is 44.1 Å². The molecular weight excluding hydrogens is 500 g/mol. The van der Waals surface area contributed by atoms with Crippen molar-refractivity contribution in [1.82, 2.24) is 0 Å². The molecule has 0 heterocycles. The van der Waals surface area contributed by atoms with Gasteiger partial charge in [0.1, 0.15) is 0 Å². The molecule has 0 unspecified atom stereocenters. The maximum Gasteiger partial charge on any atom is 0.269 e. The van der Waals surface area contributed by atoms with E-state index in [2.05, 4.69) is 53.8 Å². The fourth-order valence-corrected chi connectivity index (χ4v) is 4.49. The molecule has 0 saturated carbocycles. The van der Waals surface area contributed by atoms with Gasteiger partial charge in [-0.2, -0.15) is 0 Å². The molecule has 4 aromatic carbocycles. The number of hydrogen-bond donors (Lipinski definition) is 1. The summed E-state index contributed by atoms with van der Waals surface area (Å²) in [6.07, 6.45) is 0. The van der Waals surface area contributed by atoms with Crippen molar-refractivity contribution in [3.8, 4) is 0 Å². The number of nitrogens with zero attached hydrogens (tertiary/aromatic N) is 3. The summed E-state index contributed by atoms with van der Waals surface area (Å²) >= 11 is 6.76. The molecule has 0 saturated heterocycles. The quantitative estimate of drug-likeness (QED) is 0.154. The first-order valence-electron chi connectivity index (χ1n) is 12.0. The Bertz CT molecular complexity index is 1380. The Hall–Kier alpha value is -4.36. The maximum atomic E-state index is 12.9. The van der Waals surface area contributed by atoms with Crippen LogP contribution in [0.2, 0.25) is 5.02 Å². The summed E-state index contributed by atoms with van der Waals surface area (Å²) in [5.74, 6) is -0.540. The lowest BCUT2D eigenvalue weighted by atomic mass is 9.84. The predicted molar refractivity (Wildman–Crippen MR) is 155 cm³/mol. The molecule has 0 aliphatic rings. The van der Waals surface area contributed by atoms with E-state index in [1.165, 1.54) is 24.3 Å². The molecule has 0 bridgehead atoms. The summed E-state index contributed by atoms with van der Waals surface area (Å²) < 4.78 is 0. The van der Waals surface area contributed by atoms with Crippen molar-refractivity contribution in [1.29, 1.82) is 0 Å². The van der Waals surface area contributed by atoms with E-state index in [0.29, 0.717) is 16.3 Å². The summed E-state index contributed by atoms with van der Waals surface area (Å²) in [6, 6.07) is 27.6. The van der Waals surface area contributed by atoms with Crippen molar-refractivity contribution in [2.24, 2.45) is 0 Å². The zero-order valence-corrected chi connectivity index (χ0v) is 22.4. The first kappa shape index (κ1) is 26.7. The van der Waals surface area contributed by atoms with Crippen LogP contribution in [0.4, 0.5) is 22.7 Å². The van der Waals surface area contributed by atoms with Crippen LogP contribution in [0.15, 0.2) is 91.0 Å². The highest BCUT2D eigenvalue weighted by atomic mass is 35.5. The van der Waals surface area contributed by atoms with Gasteiger partial charge in [0, 0.05) is 73.9 Å². The number of benzene rings is 4. The first-order chi connectivity index (χ1) is 18.1. The third-order valence-electron chi connectivity index (χ3n) is 6.39. The predicted octanol–water partition coefficient (Wildman–Crippen LogP) is 6.81. The minimum atomic E-state index is -0.497. The van der Waals surface area contributed by atoms with Gasteiger partial charge in [0.25, 0.3) is 11.6 Å². The molecule has 194 valence electrons. The highest BCUT2D eigenvalue weighted by Gasteiger charge is 2.21. The van der Waals surface area contributed by atoms with Crippen molar-refractivity contribution in [3.63, 3.8) is 0 Å². The number of nitro groups is 1. The molecule has 0 spiro atoms. The van der Waals surface area contributed by atoms with Gasteiger partial charge in [0.15, 0.2) is 0 Å². The largest absolute Gasteiger partial charge is 0.378 e. The van der Waals surface area contributed by atoms with Crippen molar-refractivity contribution >= 4 is 40.3 Å². The molecule has 4 rings (SSSR count). The van der Waals surface area contributed by atoms with E-state index in [1.54, 1.807) is 12.1 Å². The minimum Gasteiger partial charge on any atom is -0.378 e. The number of nitrogens with one attached hydrogen (secondary N) is 1. The van der Waals surface area contributed by atoms with Gasteiger partial charge in [0.2, 0.25) is 0 Å². The topological polar surface area (TPSA) is 78.7 Å². The summed E-state index contributed by atoms with van der Waals surface area (Å²) in [5, 5.41) is 14.4. The van der Waals surface area contributed by atoms with Gasteiger partial charge in [-0.3, -0.25) is 14.9 Å². The van der Waals surface area contributed by atoms with Gasteiger partial charge in [-0.25, -0.2) is 0 Å². The lowest BCUT2D eigenvalue weighted by Crippen LogP contribution is -2.13. The number of nitro benzene ring substituents is 1. The molecule has 8 heteroatoms. The molecule has 0 radical (unpaired) electrons. The Kier molecular flexibility index (Phi) is 7.98. The second-order valence-electron chi connectivity index (χ2n) is 9.40. The van der Waals surface area contributed by atoms with Gasteiger partial charge in [0.05, 0.1) is 4.92 Å². The average molecular weight is 529 g/mol. The van der Waals surface area contributed by atoms with Crippen molar-refractivity contribution in [3.05, 3.63) is 128 Å². The van der Waals surface area contributed by atoms with Gasteiger partial charge < -0.3 is 15.1 Å². The van der Waals surface area contributed by atoms with Gasteiger partial charge >= 0.3 is 0 Å². The van der Waals surface area contributed by atoms with E-state index in [0.717, 1.165) is 28.1 Å². The summed E-state index contributed by atoms with van der Waals surface area (Å²) in [5.41, 5.74) is 5.98. The highest BCUT2D eigenvalue weighted by Crippen LogP contribution is 2.38. The summed E-state index contributed by atoms with van der Waals surface area (Å²) in [7, 11) is 8.00. The molecule has 38 heavy (non-hydrogen) atoms. The molecule has 0 aliphatic carbocycles. The monoisotopic (exact) mass is 528 g/mol. The third-order valence-corrected chi connectivity index (χ3v) is 6.74. The lowest BCUT2D eigenvalue weighted by molar-refractivity contribution is -0.384. The van der Waals surface area contributed by atoms with Crippen LogP contribution in [0.3, 0.4) is 0 Å². The average Bonchev–Trinajstić information content (AvgIpc) is 2.91. The zero-order chi connectivity index (χ0) is 27.4. The minimum absolute atomic E-state index is 0.0706. The molecule has 0 aromatic heterocycles. The Balaban J connectivity index is 1.72. The van der Waals surface area contributed by atoms with Crippen LogP contribution < -0.4 is 15.1 Å². The second-order valence-corrected chi connectivity index (χ2v) is 9.81. The molecule has 4 aromatic rings. The Labute approximate surface area is 227 Å². The van der Waals surface area contributed by atoms with Gasteiger partial charge in [-0.1, -0.05) is 35.9 Å². The molecular formula is C30H29ClN4O3. The summed E-state index contributed by atoms with van der Waals surface area (Å²) in [6.45, 7) is 0.